The highest BCUT2D eigenvalue weighted by Gasteiger charge is 2.46. The number of rotatable bonds is 4. The van der Waals surface area contributed by atoms with Crippen molar-refractivity contribution in [3.63, 3.8) is 0 Å². The largest absolute Gasteiger partial charge is 0.494 e. The zero-order chi connectivity index (χ0) is 25.5. The number of ether oxygens (including phenoxy) is 1. The zero-order valence-electron chi connectivity index (χ0n) is 19.7. The molecule has 0 saturated carbocycles. The van der Waals surface area contributed by atoms with Crippen LogP contribution in [0.1, 0.15) is 50.7 Å². The Balaban J connectivity index is 1.99. The third-order valence-corrected chi connectivity index (χ3v) is 6.36. The molecule has 1 heterocycles. The van der Waals surface area contributed by atoms with Crippen molar-refractivity contribution in [1.29, 1.82) is 5.26 Å². The van der Waals surface area contributed by atoms with Gasteiger partial charge in [0.15, 0.2) is 5.78 Å². The molecule has 1 aliphatic carbocycles. The predicted octanol–water partition coefficient (Wildman–Crippen LogP) is 6.04. The molecule has 0 unspecified atom stereocenters. The SMILES string of the molecule is CCOc1ccc([C@@H]2C(C#N)=C(N)N(c3ccccc3C(F)(F)F)C3=C2C(=O)CC(C)(C)C3)cc1. The number of benzene rings is 2. The maximum absolute atomic E-state index is 14.0. The van der Waals surface area contributed by atoms with Gasteiger partial charge in [-0.15, -0.1) is 0 Å². The first-order valence-corrected chi connectivity index (χ1v) is 11.3. The molecule has 0 radical (unpaired) electrons. The van der Waals surface area contributed by atoms with E-state index in [1.807, 2.05) is 20.8 Å². The van der Waals surface area contributed by atoms with Crippen LogP contribution < -0.4 is 15.4 Å². The van der Waals surface area contributed by atoms with E-state index in [4.69, 9.17) is 10.5 Å². The van der Waals surface area contributed by atoms with Crippen LogP contribution in [-0.2, 0) is 11.0 Å². The average molecular weight is 482 g/mol. The summed E-state index contributed by atoms with van der Waals surface area (Å²) in [5, 5.41) is 10.1. The number of allylic oxidation sites excluding steroid dienone is 3. The Hall–Kier alpha value is -3.73. The highest BCUT2D eigenvalue weighted by atomic mass is 19.4. The fourth-order valence-corrected chi connectivity index (χ4v) is 4.95. The molecule has 0 bridgehead atoms. The van der Waals surface area contributed by atoms with E-state index in [2.05, 4.69) is 6.07 Å². The highest BCUT2D eigenvalue weighted by molar-refractivity contribution is 6.01. The number of alkyl halides is 3. The summed E-state index contributed by atoms with van der Waals surface area (Å²) in [6.07, 6.45) is -4.11. The first-order valence-electron chi connectivity index (χ1n) is 11.3. The summed E-state index contributed by atoms with van der Waals surface area (Å²) >= 11 is 0. The first kappa shape index (κ1) is 24.4. The molecule has 0 spiro atoms. The standard InChI is InChI=1S/C27H26F3N3O2/c1-4-35-17-11-9-16(10-12-17)23-18(15-31)25(32)33(20-8-6-5-7-19(20)27(28,29)30)21-13-26(2,3)14-22(34)24(21)23/h5-12,23H,4,13-14,32H2,1-3H3/t23-/m1/s1. The van der Waals surface area contributed by atoms with Crippen molar-refractivity contribution >= 4 is 11.5 Å². The average Bonchev–Trinajstić information content (AvgIpc) is 2.78. The molecular formula is C27H26F3N3O2. The van der Waals surface area contributed by atoms with Gasteiger partial charge in [0.2, 0.25) is 0 Å². The first-order chi connectivity index (χ1) is 16.5. The molecule has 4 rings (SSSR count). The zero-order valence-corrected chi connectivity index (χ0v) is 19.7. The maximum atomic E-state index is 14.0. The normalized spacial score (nSPS) is 20.0. The van der Waals surface area contributed by atoms with Crippen LogP contribution in [-0.4, -0.2) is 12.4 Å². The van der Waals surface area contributed by atoms with E-state index in [0.717, 1.165) is 6.07 Å². The van der Waals surface area contributed by atoms with Crippen molar-refractivity contribution in [2.24, 2.45) is 11.1 Å². The molecule has 5 nitrogen and oxygen atoms in total. The molecule has 8 heteroatoms. The maximum Gasteiger partial charge on any atom is 0.418 e. The smallest absolute Gasteiger partial charge is 0.418 e. The van der Waals surface area contributed by atoms with Gasteiger partial charge in [0.05, 0.1) is 35.4 Å². The Morgan fingerprint density at radius 2 is 1.80 bits per heavy atom. The third kappa shape index (κ3) is 4.39. The third-order valence-electron chi connectivity index (χ3n) is 6.36. The van der Waals surface area contributed by atoms with Gasteiger partial charge in [-0.1, -0.05) is 38.1 Å². The molecule has 0 amide bonds. The van der Waals surface area contributed by atoms with Crippen molar-refractivity contribution in [1.82, 2.24) is 0 Å². The molecular weight excluding hydrogens is 455 g/mol. The molecule has 1 aliphatic heterocycles. The van der Waals surface area contributed by atoms with E-state index in [1.54, 1.807) is 24.3 Å². The summed E-state index contributed by atoms with van der Waals surface area (Å²) in [4.78, 5) is 14.8. The van der Waals surface area contributed by atoms with Crippen LogP contribution in [0.5, 0.6) is 5.75 Å². The molecule has 35 heavy (non-hydrogen) atoms. The fourth-order valence-electron chi connectivity index (χ4n) is 4.95. The summed E-state index contributed by atoms with van der Waals surface area (Å²) in [5.74, 6) is -0.450. The van der Waals surface area contributed by atoms with E-state index < -0.39 is 23.1 Å². The van der Waals surface area contributed by atoms with Crippen LogP contribution in [0.3, 0.4) is 0 Å². The summed E-state index contributed by atoms with van der Waals surface area (Å²) < 4.78 is 47.4. The van der Waals surface area contributed by atoms with Gasteiger partial charge < -0.3 is 10.5 Å². The Kier molecular flexibility index (Phi) is 6.14. The van der Waals surface area contributed by atoms with Gasteiger partial charge in [-0.05, 0) is 48.6 Å². The van der Waals surface area contributed by atoms with Crippen LogP contribution in [0, 0.1) is 16.7 Å². The van der Waals surface area contributed by atoms with Gasteiger partial charge in [-0.3, -0.25) is 9.69 Å². The van der Waals surface area contributed by atoms with Gasteiger partial charge in [0.25, 0.3) is 0 Å². The van der Waals surface area contributed by atoms with Crippen molar-refractivity contribution < 1.29 is 22.7 Å². The summed E-state index contributed by atoms with van der Waals surface area (Å²) in [5.41, 5.74) is 6.30. The lowest BCUT2D eigenvalue weighted by molar-refractivity contribution is -0.137. The Morgan fingerprint density at radius 1 is 1.14 bits per heavy atom. The van der Waals surface area contributed by atoms with Crippen molar-refractivity contribution in [3.05, 3.63) is 82.3 Å². The second-order valence-corrected chi connectivity index (χ2v) is 9.50. The number of ketones is 1. The molecule has 0 aromatic heterocycles. The minimum absolute atomic E-state index is 0.0398. The van der Waals surface area contributed by atoms with Gasteiger partial charge in [-0.2, -0.15) is 18.4 Å². The lowest BCUT2D eigenvalue weighted by Crippen LogP contribution is -2.42. The number of nitriles is 1. The quantitative estimate of drug-likeness (QED) is 0.576. The minimum atomic E-state index is -4.65. The van der Waals surface area contributed by atoms with Crippen LogP contribution in [0.25, 0.3) is 0 Å². The van der Waals surface area contributed by atoms with Crippen LogP contribution >= 0.6 is 0 Å². The van der Waals surface area contributed by atoms with Gasteiger partial charge in [-0.25, -0.2) is 0 Å². The number of hydrogen-bond acceptors (Lipinski definition) is 5. The van der Waals surface area contributed by atoms with Crippen molar-refractivity contribution in [2.45, 2.75) is 45.7 Å². The molecule has 1 atom stereocenters. The fraction of sp³-hybridized carbons (Fsp3) is 0.333. The van der Waals surface area contributed by atoms with Crippen LogP contribution in [0.2, 0.25) is 0 Å². The molecule has 2 aromatic rings. The topological polar surface area (TPSA) is 79.3 Å². The molecule has 2 N–H and O–H groups in total. The number of Topliss-reactive ketones (excluding diaryl/α,β-unsaturated/α-hetero) is 1. The number of carbonyl (C=O) groups is 1. The number of nitrogens with two attached hydrogens (primary N) is 1. The number of nitrogens with zero attached hydrogens (tertiary/aromatic N) is 2. The lowest BCUT2D eigenvalue weighted by Gasteiger charge is -2.44. The monoisotopic (exact) mass is 481 g/mol. The predicted molar refractivity (Wildman–Crippen MR) is 126 cm³/mol. The van der Waals surface area contributed by atoms with E-state index in [0.29, 0.717) is 35.6 Å². The molecule has 182 valence electrons. The Morgan fingerprint density at radius 3 is 2.40 bits per heavy atom. The lowest BCUT2D eigenvalue weighted by atomic mass is 9.68. The highest BCUT2D eigenvalue weighted by Crippen LogP contribution is 2.51. The van der Waals surface area contributed by atoms with Crippen LogP contribution in [0.4, 0.5) is 18.9 Å². The summed E-state index contributed by atoms with van der Waals surface area (Å²) in [6, 6.07) is 14.2. The number of carbonyl (C=O) groups excluding carboxylic acids is 1. The number of para-hydroxylation sites is 1. The Labute approximate surface area is 202 Å². The molecule has 0 saturated heterocycles. The Bertz CT molecular complexity index is 1270. The molecule has 2 aromatic carbocycles. The van der Waals surface area contributed by atoms with Gasteiger partial charge in [0, 0.05) is 17.7 Å². The van der Waals surface area contributed by atoms with Crippen molar-refractivity contribution in [3.8, 4) is 11.8 Å². The van der Waals surface area contributed by atoms with Crippen LogP contribution in [0.15, 0.2) is 71.2 Å². The number of anilines is 1. The number of hydrogen-bond donors (Lipinski definition) is 1. The molecule has 0 fully saturated rings. The summed E-state index contributed by atoms with van der Waals surface area (Å²) in [7, 11) is 0. The summed E-state index contributed by atoms with van der Waals surface area (Å²) in [6.45, 7) is 6.14. The van der Waals surface area contributed by atoms with E-state index in [-0.39, 0.29) is 29.3 Å². The molecule has 2 aliphatic rings. The van der Waals surface area contributed by atoms with E-state index >= 15 is 0 Å². The van der Waals surface area contributed by atoms with Gasteiger partial charge >= 0.3 is 6.18 Å². The minimum Gasteiger partial charge on any atom is -0.494 e. The second kappa shape index (κ2) is 8.81. The number of halogens is 3. The second-order valence-electron chi connectivity index (χ2n) is 9.50. The van der Waals surface area contributed by atoms with E-state index in [9.17, 15) is 23.2 Å². The van der Waals surface area contributed by atoms with Gasteiger partial charge in [0.1, 0.15) is 11.6 Å². The van der Waals surface area contributed by atoms with Crippen molar-refractivity contribution in [2.75, 3.05) is 11.5 Å². The van der Waals surface area contributed by atoms with E-state index in [1.165, 1.54) is 23.1 Å².